The maximum absolute atomic E-state index is 12.3. The van der Waals surface area contributed by atoms with Crippen molar-refractivity contribution in [3.8, 4) is 11.3 Å². The summed E-state index contributed by atoms with van der Waals surface area (Å²) in [6.07, 6.45) is 1.90. The van der Waals surface area contributed by atoms with Gasteiger partial charge in [-0.15, -0.1) is 0 Å². The molecule has 0 fully saturated rings. The average Bonchev–Trinajstić information content (AvgIpc) is 2.86. The first-order valence-electron chi connectivity index (χ1n) is 7.04. The Morgan fingerprint density at radius 3 is 2.65 bits per heavy atom. The van der Waals surface area contributed by atoms with E-state index in [2.05, 4.69) is 36.2 Å². The van der Waals surface area contributed by atoms with Gasteiger partial charge in [-0.25, -0.2) is 0 Å². The topological polar surface area (TPSA) is 32.9 Å². The molecule has 20 heavy (non-hydrogen) atoms. The third-order valence-electron chi connectivity index (χ3n) is 4.27. The van der Waals surface area contributed by atoms with Crippen LogP contribution in [-0.2, 0) is 12.8 Å². The fraction of sp³-hybridized carbons (Fsp3) is 0.167. The number of aromatic nitrogens is 1. The highest BCUT2D eigenvalue weighted by Crippen LogP contribution is 2.39. The summed E-state index contributed by atoms with van der Waals surface area (Å²) in [6, 6.07) is 14.3. The Balaban J connectivity index is 2.14. The number of fused-ring (bicyclic) bond motifs is 5. The number of H-pyrrole nitrogens is 1. The fourth-order valence-electron chi connectivity index (χ4n) is 3.34. The van der Waals surface area contributed by atoms with Crippen molar-refractivity contribution in [2.75, 3.05) is 0 Å². The zero-order valence-electron chi connectivity index (χ0n) is 11.4. The van der Waals surface area contributed by atoms with Gasteiger partial charge in [0.1, 0.15) is 0 Å². The summed E-state index contributed by atoms with van der Waals surface area (Å²) in [7, 11) is 0. The monoisotopic (exact) mass is 261 g/mol. The molecule has 98 valence electrons. The van der Waals surface area contributed by atoms with Crippen LogP contribution in [0.15, 0.2) is 47.3 Å². The maximum atomic E-state index is 12.3. The van der Waals surface area contributed by atoms with Crippen LogP contribution in [0.1, 0.15) is 23.6 Å². The lowest BCUT2D eigenvalue weighted by molar-refractivity contribution is 1.13. The van der Waals surface area contributed by atoms with Gasteiger partial charge in [0.05, 0.1) is 5.69 Å². The molecule has 1 aliphatic rings. The van der Waals surface area contributed by atoms with E-state index in [1.54, 1.807) is 0 Å². The highest BCUT2D eigenvalue weighted by atomic mass is 16.1. The van der Waals surface area contributed by atoms with Crippen molar-refractivity contribution in [2.45, 2.75) is 19.8 Å². The standard InChI is InChI=1S/C18H15NO/c1-2-11-6-5-7-12-10-15-13-8-3-4-9-14(13)18(20)19-17(15)16(11)12/h3-9H,2,10H2,1H3,(H,19,20). The lowest BCUT2D eigenvalue weighted by Gasteiger charge is -2.08. The molecule has 1 N–H and O–H groups in total. The summed E-state index contributed by atoms with van der Waals surface area (Å²) < 4.78 is 0. The second-order valence-corrected chi connectivity index (χ2v) is 5.33. The molecule has 0 unspecified atom stereocenters. The Morgan fingerprint density at radius 2 is 1.85 bits per heavy atom. The molecule has 4 rings (SSSR count). The van der Waals surface area contributed by atoms with Crippen molar-refractivity contribution in [3.63, 3.8) is 0 Å². The third-order valence-corrected chi connectivity index (χ3v) is 4.27. The number of pyridine rings is 1. The van der Waals surface area contributed by atoms with Gasteiger partial charge in [-0.1, -0.05) is 43.3 Å². The van der Waals surface area contributed by atoms with Crippen molar-refractivity contribution in [3.05, 3.63) is 69.5 Å². The number of nitrogens with one attached hydrogen (secondary N) is 1. The highest BCUT2D eigenvalue weighted by molar-refractivity contribution is 5.93. The Hall–Kier alpha value is -2.35. The van der Waals surface area contributed by atoms with Gasteiger partial charge < -0.3 is 4.98 Å². The molecule has 0 saturated carbocycles. The van der Waals surface area contributed by atoms with E-state index >= 15 is 0 Å². The van der Waals surface area contributed by atoms with Crippen LogP contribution >= 0.6 is 0 Å². The van der Waals surface area contributed by atoms with Crippen LogP contribution in [-0.4, -0.2) is 4.98 Å². The molecular weight excluding hydrogens is 246 g/mol. The summed E-state index contributed by atoms with van der Waals surface area (Å²) in [4.78, 5) is 15.4. The first-order chi connectivity index (χ1) is 9.79. The molecule has 2 aromatic carbocycles. The molecule has 1 heterocycles. The van der Waals surface area contributed by atoms with Gasteiger partial charge in [-0.2, -0.15) is 0 Å². The number of hydrogen-bond acceptors (Lipinski definition) is 1. The molecule has 0 saturated heterocycles. The van der Waals surface area contributed by atoms with E-state index in [1.807, 2.05) is 18.2 Å². The first-order valence-corrected chi connectivity index (χ1v) is 7.04. The summed E-state index contributed by atoms with van der Waals surface area (Å²) in [6.45, 7) is 2.16. The Labute approximate surface area is 117 Å². The molecule has 0 spiro atoms. The van der Waals surface area contributed by atoms with Crippen LogP contribution in [0.2, 0.25) is 0 Å². The molecule has 0 atom stereocenters. The molecule has 0 bridgehead atoms. The molecule has 0 amide bonds. The number of hydrogen-bond donors (Lipinski definition) is 1. The minimum absolute atomic E-state index is 0.0121. The molecule has 0 aliphatic heterocycles. The smallest absolute Gasteiger partial charge is 0.256 e. The van der Waals surface area contributed by atoms with E-state index in [4.69, 9.17) is 0 Å². The average molecular weight is 261 g/mol. The van der Waals surface area contributed by atoms with Crippen molar-refractivity contribution in [1.29, 1.82) is 0 Å². The Morgan fingerprint density at radius 1 is 1.05 bits per heavy atom. The van der Waals surface area contributed by atoms with Gasteiger partial charge in [0, 0.05) is 17.4 Å². The quantitative estimate of drug-likeness (QED) is 0.557. The minimum atomic E-state index is 0.0121. The van der Waals surface area contributed by atoms with E-state index in [9.17, 15) is 4.79 Å². The van der Waals surface area contributed by atoms with E-state index in [1.165, 1.54) is 22.3 Å². The van der Waals surface area contributed by atoms with Crippen LogP contribution in [0, 0.1) is 0 Å². The zero-order chi connectivity index (χ0) is 13.7. The van der Waals surface area contributed by atoms with E-state index in [-0.39, 0.29) is 5.56 Å². The number of aryl methyl sites for hydroxylation is 1. The lowest BCUT2D eigenvalue weighted by Crippen LogP contribution is -2.08. The van der Waals surface area contributed by atoms with Crippen molar-refractivity contribution in [1.82, 2.24) is 4.98 Å². The predicted octanol–water partition coefficient (Wildman–Crippen LogP) is 3.66. The van der Waals surface area contributed by atoms with Crippen LogP contribution in [0.3, 0.4) is 0 Å². The molecule has 1 aliphatic carbocycles. The molecule has 0 radical (unpaired) electrons. The number of aromatic amines is 1. The van der Waals surface area contributed by atoms with E-state index < -0.39 is 0 Å². The number of rotatable bonds is 1. The summed E-state index contributed by atoms with van der Waals surface area (Å²) >= 11 is 0. The van der Waals surface area contributed by atoms with Gasteiger partial charge in [0.15, 0.2) is 0 Å². The van der Waals surface area contributed by atoms with Gasteiger partial charge in [0.25, 0.3) is 5.56 Å². The van der Waals surface area contributed by atoms with Gasteiger partial charge in [-0.3, -0.25) is 4.79 Å². The maximum Gasteiger partial charge on any atom is 0.256 e. The van der Waals surface area contributed by atoms with Gasteiger partial charge in [-0.05, 0) is 34.6 Å². The predicted molar refractivity (Wildman–Crippen MR) is 82.2 cm³/mol. The van der Waals surface area contributed by atoms with E-state index in [0.717, 1.165) is 29.3 Å². The van der Waals surface area contributed by atoms with Gasteiger partial charge in [0.2, 0.25) is 0 Å². The molecule has 1 aromatic heterocycles. The fourth-order valence-corrected chi connectivity index (χ4v) is 3.34. The number of benzene rings is 2. The van der Waals surface area contributed by atoms with Crippen molar-refractivity contribution >= 4 is 10.8 Å². The molecule has 2 nitrogen and oxygen atoms in total. The van der Waals surface area contributed by atoms with Crippen LogP contribution < -0.4 is 5.56 Å². The SMILES string of the molecule is CCc1cccc2c1-c1[nH]c(=O)c3ccccc3c1C2. The minimum Gasteiger partial charge on any atom is -0.321 e. The van der Waals surface area contributed by atoms with Crippen molar-refractivity contribution < 1.29 is 0 Å². The Kier molecular flexibility index (Phi) is 2.34. The van der Waals surface area contributed by atoms with Gasteiger partial charge >= 0.3 is 0 Å². The highest BCUT2D eigenvalue weighted by Gasteiger charge is 2.24. The summed E-state index contributed by atoms with van der Waals surface area (Å²) in [5.74, 6) is 0. The second kappa shape index (κ2) is 4.07. The lowest BCUT2D eigenvalue weighted by atomic mass is 10.0. The molecule has 2 heteroatoms. The normalized spacial score (nSPS) is 12.4. The van der Waals surface area contributed by atoms with Crippen LogP contribution in [0.4, 0.5) is 0 Å². The summed E-state index contributed by atoms with van der Waals surface area (Å²) in [5, 5.41) is 1.88. The third kappa shape index (κ3) is 1.42. The largest absolute Gasteiger partial charge is 0.321 e. The first kappa shape index (κ1) is 11.5. The molecule has 3 aromatic rings. The molecular formula is C18H15NO. The van der Waals surface area contributed by atoms with Crippen LogP contribution in [0.5, 0.6) is 0 Å². The van der Waals surface area contributed by atoms with E-state index in [0.29, 0.717) is 0 Å². The second-order valence-electron chi connectivity index (χ2n) is 5.33. The van der Waals surface area contributed by atoms with Crippen LogP contribution in [0.25, 0.3) is 22.0 Å². The zero-order valence-corrected chi connectivity index (χ0v) is 11.4. The van der Waals surface area contributed by atoms with Crippen molar-refractivity contribution in [2.24, 2.45) is 0 Å². The summed E-state index contributed by atoms with van der Waals surface area (Å²) in [5.41, 5.74) is 6.18. The Bertz CT molecular complexity index is 890.